The van der Waals surface area contributed by atoms with Gasteiger partial charge in [0.1, 0.15) is 40.5 Å². The van der Waals surface area contributed by atoms with Crippen LogP contribution in [0, 0.1) is 11.6 Å². The number of halogens is 2. The van der Waals surface area contributed by atoms with Crippen LogP contribution in [0.4, 0.5) is 14.6 Å². The zero-order valence-corrected chi connectivity index (χ0v) is 35.6. The number of nitrogens with zero attached hydrogens (tertiary/aromatic N) is 3. The Morgan fingerprint density at radius 2 is 1.19 bits per heavy atom. The highest BCUT2D eigenvalue weighted by Gasteiger charge is 2.24. The Morgan fingerprint density at radius 3 is 1.68 bits per heavy atom. The number of benzene rings is 4. The molecule has 0 aliphatic carbocycles. The number of ether oxygens (including phenoxy) is 4. The standard InChI is InChI=1S/C29H31FN4O3.C20H18FNO4/c1-3-18-37-24-12-11-22(30)27-28(24)32-23(26(29(27)35)20-7-9-21(36-2)10-8-20)19-33-14-16-34(17-15-33)25-6-4-5-13-31-25;1-3-10-26-16-9-8-14(21)18-19(16)22-15(11-23)17(20(18)24)12-4-6-13(25-2)7-5-12/h4-13H,3,14-19H2,1-2H3,(H,32,35);4-9,11H,3,10H2,1-2H3,(H,22,24). The Balaban J connectivity index is 0.000000201. The van der Waals surface area contributed by atoms with Gasteiger partial charge >= 0.3 is 0 Å². The summed E-state index contributed by atoms with van der Waals surface area (Å²) in [5.41, 5.74) is 2.27. The molecular weight excluding hydrogens is 809 g/mol. The van der Waals surface area contributed by atoms with Gasteiger partial charge in [0.15, 0.2) is 6.29 Å². The van der Waals surface area contributed by atoms with Crippen LogP contribution in [0.2, 0.25) is 0 Å². The van der Waals surface area contributed by atoms with Gasteiger partial charge in [0.25, 0.3) is 0 Å². The summed E-state index contributed by atoms with van der Waals surface area (Å²) in [7, 11) is 3.13. The molecule has 1 aliphatic rings. The van der Waals surface area contributed by atoms with Gasteiger partial charge in [-0.1, -0.05) is 44.2 Å². The van der Waals surface area contributed by atoms with Crippen molar-refractivity contribution in [2.24, 2.45) is 0 Å². The molecule has 1 fully saturated rings. The highest BCUT2D eigenvalue weighted by atomic mass is 19.1. The lowest BCUT2D eigenvalue weighted by atomic mass is 9.99. The van der Waals surface area contributed by atoms with Gasteiger partial charge in [0.2, 0.25) is 10.9 Å². The molecule has 3 aromatic heterocycles. The fourth-order valence-corrected chi connectivity index (χ4v) is 7.61. The fraction of sp³-hybridized carbons (Fsp3) is 0.265. The van der Waals surface area contributed by atoms with Crippen LogP contribution in [0.5, 0.6) is 23.0 Å². The molecule has 0 unspecified atom stereocenters. The summed E-state index contributed by atoms with van der Waals surface area (Å²) in [4.78, 5) is 53.8. The Bertz CT molecular complexity index is 2810. The van der Waals surface area contributed by atoms with Crippen molar-refractivity contribution in [3.05, 3.63) is 141 Å². The van der Waals surface area contributed by atoms with E-state index >= 15 is 4.39 Å². The van der Waals surface area contributed by atoms with E-state index in [1.807, 2.05) is 56.3 Å². The first kappa shape index (κ1) is 44.0. The number of pyridine rings is 3. The second-order valence-electron chi connectivity index (χ2n) is 14.9. The number of hydrogen-bond donors (Lipinski definition) is 2. The van der Waals surface area contributed by atoms with E-state index in [4.69, 9.17) is 18.9 Å². The molecule has 0 amide bonds. The molecule has 2 N–H and O–H groups in total. The van der Waals surface area contributed by atoms with Gasteiger partial charge in [-0.15, -0.1) is 0 Å². The lowest BCUT2D eigenvalue weighted by molar-refractivity contribution is 0.112. The fourth-order valence-electron chi connectivity index (χ4n) is 7.61. The number of aromatic amines is 2. The highest BCUT2D eigenvalue weighted by Crippen LogP contribution is 2.32. The summed E-state index contributed by atoms with van der Waals surface area (Å²) in [6.07, 6.45) is 3.92. The molecule has 4 aromatic carbocycles. The predicted molar refractivity (Wildman–Crippen MR) is 242 cm³/mol. The number of piperazine rings is 1. The van der Waals surface area contributed by atoms with Crippen LogP contribution in [0.1, 0.15) is 42.9 Å². The lowest BCUT2D eigenvalue weighted by Gasteiger charge is -2.35. The maximum absolute atomic E-state index is 15.0. The van der Waals surface area contributed by atoms with Crippen molar-refractivity contribution in [1.29, 1.82) is 0 Å². The van der Waals surface area contributed by atoms with Crippen LogP contribution in [0.25, 0.3) is 44.1 Å². The molecule has 7 aromatic rings. The van der Waals surface area contributed by atoms with Crippen LogP contribution in [-0.4, -0.2) is 79.8 Å². The summed E-state index contributed by atoms with van der Waals surface area (Å²) in [5, 5.41) is -0.113. The van der Waals surface area contributed by atoms with E-state index in [0.717, 1.165) is 50.5 Å². The Labute approximate surface area is 363 Å². The first-order valence-electron chi connectivity index (χ1n) is 20.8. The van der Waals surface area contributed by atoms with Crippen molar-refractivity contribution < 1.29 is 32.5 Å². The monoisotopic (exact) mass is 857 g/mol. The van der Waals surface area contributed by atoms with E-state index < -0.39 is 17.1 Å². The average molecular weight is 858 g/mol. The second kappa shape index (κ2) is 20.2. The Hall–Kier alpha value is -7.06. The SMILES string of the molecule is CCCOc1ccc(F)c2c(=O)c(-c3ccc(OC)cc3)c(C=O)[nH]c12.CCCOc1ccc(F)c2c(=O)c(-c3ccc(OC)cc3)c(CN3CCN(c4ccccn4)CC3)[nH]c12. The van der Waals surface area contributed by atoms with Crippen molar-refractivity contribution in [3.63, 3.8) is 0 Å². The van der Waals surface area contributed by atoms with Crippen molar-refractivity contribution in [3.8, 4) is 45.3 Å². The summed E-state index contributed by atoms with van der Waals surface area (Å²) < 4.78 is 51.3. The molecule has 1 aliphatic heterocycles. The van der Waals surface area contributed by atoms with Crippen molar-refractivity contribution in [2.45, 2.75) is 33.2 Å². The van der Waals surface area contributed by atoms with E-state index in [0.29, 0.717) is 71.2 Å². The maximum atomic E-state index is 15.0. The van der Waals surface area contributed by atoms with E-state index in [1.165, 1.54) is 25.3 Å². The van der Waals surface area contributed by atoms with Crippen LogP contribution in [0.15, 0.2) is 107 Å². The summed E-state index contributed by atoms with van der Waals surface area (Å²) in [6, 6.07) is 25.4. The molecule has 14 heteroatoms. The van der Waals surface area contributed by atoms with E-state index in [2.05, 4.69) is 24.8 Å². The largest absolute Gasteiger partial charge is 0.497 e. The quantitative estimate of drug-likeness (QED) is 0.102. The van der Waals surface area contributed by atoms with Crippen molar-refractivity contribution in [1.82, 2.24) is 19.9 Å². The van der Waals surface area contributed by atoms with Gasteiger partial charge in [0, 0.05) is 44.6 Å². The number of rotatable bonds is 14. The number of carbonyl (C=O) groups is 1. The number of aromatic nitrogens is 3. The minimum absolute atomic E-state index is 0.0168. The average Bonchev–Trinajstić information content (AvgIpc) is 3.32. The summed E-state index contributed by atoms with van der Waals surface area (Å²) in [5.74, 6) is 1.85. The normalized spacial score (nSPS) is 12.8. The smallest absolute Gasteiger partial charge is 0.201 e. The lowest BCUT2D eigenvalue weighted by Crippen LogP contribution is -2.46. The number of nitrogens with one attached hydrogen (secondary N) is 2. The third-order valence-electron chi connectivity index (χ3n) is 10.8. The Morgan fingerprint density at radius 1 is 0.667 bits per heavy atom. The van der Waals surface area contributed by atoms with E-state index in [-0.39, 0.29) is 33.0 Å². The second-order valence-corrected chi connectivity index (χ2v) is 14.9. The first-order chi connectivity index (χ1) is 30.7. The third kappa shape index (κ3) is 9.56. The zero-order chi connectivity index (χ0) is 44.5. The predicted octanol–water partition coefficient (Wildman–Crippen LogP) is 8.79. The number of carbonyl (C=O) groups excluding carboxylic acids is 1. The molecule has 0 saturated carbocycles. The number of anilines is 1. The first-order valence-corrected chi connectivity index (χ1v) is 20.8. The van der Waals surface area contributed by atoms with Gasteiger partial charge in [-0.3, -0.25) is 19.3 Å². The zero-order valence-electron chi connectivity index (χ0n) is 35.6. The molecular formula is C49H49F2N5O7. The van der Waals surface area contributed by atoms with Gasteiger partial charge in [-0.05, 0) is 84.6 Å². The van der Waals surface area contributed by atoms with Crippen LogP contribution in [-0.2, 0) is 6.54 Å². The van der Waals surface area contributed by atoms with Crippen molar-refractivity contribution in [2.75, 3.05) is 58.5 Å². The highest BCUT2D eigenvalue weighted by molar-refractivity contribution is 5.95. The molecule has 0 radical (unpaired) electrons. The third-order valence-corrected chi connectivity index (χ3v) is 10.8. The minimum atomic E-state index is -0.669. The van der Waals surface area contributed by atoms with Gasteiger partial charge in [-0.2, -0.15) is 0 Å². The molecule has 63 heavy (non-hydrogen) atoms. The maximum Gasteiger partial charge on any atom is 0.201 e. The molecule has 1 saturated heterocycles. The Kier molecular flexibility index (Phi) is 14.1. The molecule has 0 bridgehead atoms. The van der Waals surface area contributed by atoms with Gasteiger partial charge in [-0.25, -0.2) is 13.8 Å². The molecule has 12 nitrogen and oxygen atoms in total. The van der Waals surface area contributed by atoms with E-state index in [9.17, 15) is 18.8 Å². The number of methoxy groups -OCH3 is 2. The van der Waals surface area contributed by atoms with Crippen molar-refractivity contribution >= 4 is 33.9 Å². The topological polar surface area (TPSA) is 139 Å². The molecule has 4 heterocycles. The number of H-pyrrole nitrogens is 2. The number of aldehydes is 1. The van der Waals surface area contributed by atoms with Gasteiger partial charge in [0.05, 0.1) is 66.1 Å². The molecule has 8 rings (SSSR count). The minimum Gasteiger partial charge on any atom is -0.497 e. The van der Waals surface area contributed by atoms with Crippen LogP contribution in [0.3, 0.4) is 0 Å². The molecule has 326 valence electrons. The molecule has 0 atom stereocenters. The number of fused-ring (bicyclic) bond motifs is 2. The van der Waals surface area contributed by atoms with Crippen LogP contribution >= 0.6 is 0 Å². The summed E-state index contributed by atoms with van der Waals surface area (Å²) >= 11 is 0. The van der Waals surface area contributed by atoms with Gasteiger partial charge < -0.3 is 33.8 Å². The number of hydrogen-bond acceptors (Lipinski definition) is 10. The van der Waals surface area contributed by atoms with Crippen LogP contribution < -0.4 is 34.7 Å². The molecule has 0 spiro atoms. The summed E-state index contributed by atoms with van der Waals surface area (Å²) in [6.45, 7) is 8.62. The van der Waals surface area contributed by atoms with E-state index in [1.54, 1.807) is 43.6 Å².